The fraction of sp³-hybridized carbons (Fsp3) is 0.400. The van der Waals surface area contributed by atoms with Crippen molar-refractivity contribution in [2.24, 2.45) is 0 Å². The number of nitrogens with two attached hydrogens (primary N) is 1. The lowest BCUT2D eigenvalue weighted by Crippen LogP contribution is -2.21. The molecule has 0 amide bonds. The number of rotatable bonds is 4. The molecule has 0 aliphatic carbocycles. The molecule has 0 bridgehead atoms. The summed E-state index contributed by atoms with van der Waals surface area (Å²) >= 11 is 1.79. The monoisotopic (exact) mass is 347 g/mol. The average molecular weight is 348 g/mol. The van der Waals surface area contributed by atoms with E-state index in [4.69, 9.17) is 5.73 Å². The summed E-state index contributed by atoms with van der Waals surface area (Å²) in [6.45, 7) is 7.27. The van der Waals surface area contributed by atoms with Crippen LogP contribution in [0, 0.1) is 13.8 Å². The Bertz CT molecular complexity index is 572. The zero-order valence-electron chi connectivity index (χ0n) is 12.8. The minimum absolute atomic E-state index is 0. The Morgan fingerprint density at radius 3 is 2.48 bits per heavy atom. The molecular weight excluding hydrogens is 325 g/mol. The highest BCUT2D eigenvalue weighted by Gasteiger charge is 2.17. The van der Waals surface area contributed by atoms with E-state index in [-0.39, 0.29) is 24.8 Å². The van der Waals surface area contributed by atoms with Gasteiger partial charge in [-0.1, -0.05) is 12.1 Å². The summed E-state index contributed by atoms with van der Waals surface area (Å²) < 4.78 is 0. The van der Waals surface area contributed by atoms with Crippen molar-refractivity contribution in [2.45, 2.75) is 33.4 Å². The van der Waals surface area contributed by atoms with Crippen molar-refractivity contribution >= 4 is 41.8 Å². The van der Waals surface area contributed by atoms with Crippen LogP contribution in [-0.4, -0.2) is 16.9 Å². The van der Waals surface area contributed by atoms with E-state index < -0.39 is 0 Å². The van der Waals surface area contributed by atoms with Crippen LogP contribution in [0.5, 0.6) is 0 Å². The number of anilines is 1. The number of aromatic nitrogens is 1. The van der Waals surface area contributed by atoms with Gasteiger partial charge in [0, 0.05) is 23.2 Å². The quantitative estimate of drug-likeness (QED) is 0.834. The van der Waals surface area contributed by atoms with Crippen LogP contribution >= 0.6 is 36.2 Å². The summed E-state index contributed by atoms with van der Waals surface area (Å²) in [6, 6.07) is 8.44. The van der Waals surface area contributed by atoms with E-state index in [1.165, 1.54) is 10.4 Å². The van der Waals surface area contributed by atoms with E-state index in [1.807, 2.05) is 18.2 Å². The van der Waals surface area contributed by atoms with Gasteiger partial charge in [-0.2, -0.15) is 0 Å². The molecule has 6 heteroatoms. The Balaban J connectivity index is 0.00000200. The highest BCUT2D eigenvalue weighted by atomic mass is 35.5. The normalized spacial score (nSPS) is 11.7. The van der Waals surface area contributed by atoms with Crippen molar-refractivity contribution in [1.29, 1.82) is 0 Å². The number of aryl methyl sites for hydroxylation is 2. The summed E-state index contributed by atoms with van der Waals surface area (Å²) in [4.78, 5) is 8.19. The highest BCUT2D eigenvalue weighted by molar-refractivity contribution is 7.11. The maximum absolute atomic E-state index is 5.82. The van der Waals surface area contributed by atoms with Crippen LogP contribution in [0.1, 0.15) is 34.1 Å². The molecule has 1 unspecified atom stereocenters. The van der Waals surface area contributed by atoms with E-state index in [1.54, 1.807) is 11.3 Å². The highest BCUT2D eigenvalue weighted by Crippen LogP contribution is 2.29. The van der Waals surface area contributed by atoms with Gasteiger partial charge < -0.3 is 5.73 Å². The van der Waals surface area contributed by atoms with Crippen molar-refractivity contribution in [1.82, 2.24) is 9.88 Å². The molecule has 0 aliphatic heterocycles. The Morgan fingerprint density at radius 1 is 1.29 bits per heavy atom. The first-order valence-corrected chi connectivity index (χ1v) is 7.27. The van der Waals surface area contributed by atoms with Gasteiger partial charge in [0.1, 0.15) is 0 Å². The smallest absolute Gasteiger partial charge is 0.0900 e. The van der Waals surface area contributed by atoms with Crippen molar-refractivity contribution in [3.8, 4) is 0 Å². The van der Waals surface area contributed by atoms with Crippen LogP contribution in [-0.2, 0) is 6.54 Å². The fourth-order valence-corrected chi connectivity index (χ4v) is 3.30. The molecule has 2 rings (SSSR count). The second kappa shape index (κ2) is 8.59. The molecule has 0 fully saturated rings. The molecule has 118 valence electrons. The molecule has 1 aromatic heterocycles. The largest absolute Gasteiger partial charge is 0.399 e. The van der Waals surface area contributed by atoms with Crippen LogP contribution in [0.4, 0.5) is 5.69 Å². The van der Waals surface area contributed by atoms with Gasteiger partial charge in [0.2, 0.25) is 0 Å². The first-order chi connectivity index (χ1) is 8.97. The van der Waals surface area contributed by atoms with Crippen molar-refractivity contribution in [3.05, 3.63) is 45.4 Å². The molecule has 2 N–H and O–H groups in total. The predicted octanol–water partition coefficient (Wildman–Crippen LogP) is 4.38. The van der Waals surface area contributed by atoms with E-state index in [0.717, 1.165) is 22.9 Å². The van der Waals surface area contributed by atoms with E-state index >= 15 is 0 Å². The summed E-state index contributed by atoms with van der Waals surface area (Å²) in [5.41, 5.74) is 9.04. The summed E-state index contributed by atoms with van der Waals surface area (Å²) in [5.74, 6) is 0. The molecule has 0 radical (unpaired) electrons. The number of hydrogen-bond acceptors (Lipinski definition) is 4. The lowest BCUT2D eigenvalue weighted by molar-refractivity contribution is 0.255. The molecule has 3 nitrogen and oxygen atoms in total. The second-order valence-electron chi connectivity index (χ2n) is 5.02. The molecule has 0 saturated heterocycles. The van der Waals surface area contributed by atoms with Gasteiger partial charge in [0.15, 0.2) is 0 Å². The first kappa shape index (κ1) is 20.2. The maximum Gasteiger partial charge on any atom is 0.0900 e. The van der Waals surface area contributed by atoms with Gasteiger partial charge in [0.05, 0.1) is 10.7 Å². The van der Waals surface area contributed by atoms with E-state index in [0.29, 0.717) is 6.04 Å². The van der Waals surface area contributed by atoms with Gasteiger partial charge in [0.25, 0.3) is 0 Å². The Hall–Kier alpha value is -0.810. The molecule has 0 aliphatic rings. The molecule has 0 saturated carbocycles. The number of thiazole rings is 1. The molecule has 2 aromatic rings. The summed E-state index contributed by atoms with van der Waals surface area (Å²) in [5, 5.41) is 1.14. The van der Waals surface area contributed by atoms with E-state index in [9.17, 15) is 0 Å². The molecule has 0 spiro atoms. The van der Waals surface area contributed by atoms with Crippen LogP contribution in [0.25, 0.3) is 0 Å². The van der Waals surface area contributed by atoms with Gasteiger partial charge in [-0.15, -0.1) is 36.2 Å². The van der Waals surface area contributed by atoms with Gasteiger partial charge in [-0.05, 0) is 45.5 Å². The minimum atomic E-state index is 0. The number of nitrogen functional groups attached to an aromatic ring is 1. The third-order valence-electron chi connectivity index (χ3n) is 3.36. The van der Waals surface area contributed by atoms with Gasteiger partial charge in [-0.25, -0.2) is 4.98 Å². The molecule has 1 heterocycles. The zero-order valence-corrected chi connectivity index (χ0v) is 15.2. The second-order valence-corrected chi connectivity index (χ2v) is 6.25. The Morgan fingerprint density at radius 2 is 1.95 bits per heavy atom. The molecule has 21 heavy (non-hydrogen) atoms. The average Bonchev–Trinajstić information content (AvgIpc) is 2.67. The van der Waals surface area contributed by atoms with Gasteiger partial charge >= 0.3 is 0 Å². The number of nitrogens with zero attached hydrogens (tertiary/aromatic N) is 2. The van der Waals surface area contributed by atoms with Crippen molar-refractivity contribution < 1.29 is 0 Å². The topological polar surface area (TPSA) is 42.2 Å². The number of benzene rings is 1. The van der Waals surface area contributed by atoms with Crippen LogP contribution in [0.2, 0.25) is 0 Å². The first-order valence-electron chi connectivity index (χ1n) is 6.46. The lowest BCUT2D eigenvalue weighted by atomic mass is 10.1. The van der Waals surface area contributed by atoms with Crippen LogP contribution < -0.4 is 5.73 Å². The van der Waals surface area contributed by atoms with E-state index in [2.05, 4.69) is 43.8 Å². The lowest BCUT2D eigenvalue weighted by Gasteiger charge is -2.24. The zero-order chi connectivity index (χ0) is 14.0. The number of halogens is 2. The van der Waals surface area contributed by atoms with Gasteiger partial charge in [-0.3, -0.25) is 4.90 Å². The standard InChI is InChI=1S/C15H21N3S.2ClH/c1-10-15(19-12(3)17-10)11(2)18(4)9-13-6-5-7-14(16)8-13;;/h5-8,11H,9,16H2,1-4H3;2*1H. The van der Waals surface area contributed by atoms with Crippen molar-refractivity contribution in [3.63, 3.8) is 0 Å². The summed E-state index contributed by atoms with van der Waals surface area (Å²) in [6.07, 6.45) is 0. The maximum atomic E-state index is 5.82. The SMILES string of the molecule is Cc1nc(C)c(C(C)N(C)Cc2cccc(N)c2)s1.Cl.Cl. The van der Waals surface area contributed by atoms with Crippen molar-refractivity contribution in [2.75, 3.05) is 12.8 Å². The fourth-order valence-electron chi connectivity index (χ4n) is 2.25. The van der Waals surface area contributed by atoms with Crippen LogP contribution in [0.3, 0.4) is 0 Å². The molecular formula is C15H23Cl2N3S. The number of hydrogen-bond donors (Lipinski definition) is 1. The predicted molar refractivity (Wildman–Crippen MR) is 96.8 cm³/mol. The minimum Gasteiger partial charge on any atom is -0.399 e. The Kier molecular flexibility index (Phi) is 8.26. The Labute approximate surface area is 143 Å². The molecule has 1 atom stereocenters. The molecule has 1 aromatic carbocycles. The third-order valence-corrected chi connectivity index (χ3v) is 4.61. The van der Waals surface area contributed by atoms with Crippen LogP contribution in [0.15, 0.2) is 24.3 Å². The third kappa shape index (κ3) is 5.15. The summed E-state index contributed by atoms with van der Waals surface area (Å²) in [7, 11) is 2.14.